The Kier molecular flexibility index (Phi) is 6.07. The van der Waals surface area contributed by atoms with Crippen LogP contribution < -0.4 is 5.32 Å². The minimum absolute atomic E-state index is 0.0912. The molecular weight excluding hydrogens is 419 g/mol. The number of amides is 2. The van der Waals surface area contributed by atoms with Crippen LogP contribution in [0.4, 0.5) is 5.69 Å². The van der Waals surface area contributed by atoms with Crippen molar-refractivity contribution < 1.29 is 9.59 Å². The number of halogens is 2. The van der Waals surface area contributed by atoms with Crippen LogP contribution in [0.3, 0.4) is 0 Å². The number of nitrogens with one attached hydrogen (secondary N) is 1. The molecular formula is C24H20Cl2N2O2. The number of para-hydroxylation sites is 1. The van der Waals surface area contributed by atoms with Crippen LogP contribution >= 0.6 is 23.2 Å². The number of carbonyl (C=O) groups excluding carboxylic acids is 2. The fraction of sp³-hybridized carbons (Fsp3) is 0.167. The number of carbonyl (C=O) groups is 2. The molecule has 0 saturated carbocycles. The predicted molar refractivity (Wildman–Crippen MR) is 121 cm³/mol. The van der Waals surface area contributed by atoms with Gasteiger partial charge in [0.05, 0.1) is 21.8 Å². The number of likely N-dealkylation sites (tertiary alicyclic amines) is 1. The van der Waals surface area contributed by atoms with Gasteiger partial charge in [-0.15, -0.1) is 0 Å². The Morgan fingerprint density at radius 3 is 2.40 bits per heavy atom. The molecule has 1 saturated heterocycles. The lowest BCUT2D eigenvalue weighted by molar-refractivity contribution is 0.0792. The third-order valence-electron chi connectivity index (χ3n) is 5.33. The Hall–Kier alpha value is -2.82. The summed E-state index contributed by atoms with van der Waals surface area (Å²) in [5, 5.41) is 3.53. The molecule has 1 aliphatic rings. The molecule has 0 radical (unpaired) electrons. The maximum atomic E-state index is 13.2. The average Bonchev–Trinajstić information content (AvgIpc) is 3.24. The number of hydrogen-bond acceptors (Lipinski definition) is 2. The highest BCUT2D eigenvalue weighted by molar-refractivity contribution is 6.37. The van der Waals surface area contributed by atoms with Crippen molar-refractivity contribution in [1.82, 2.24) is 4.90 Å². The molecule has 0 aliphatic carbocycles. The van der Waals surface area contributed by atoms with Gasteiger partial charge in [0.15, 0.2) is 0 Å². The number of hydrogen-bond donors (Lipinski definition) is 1. The fourth-order valence-electron chi connectivity index (χ4n) is 3.75. The van der Waals surface area contributed by atoms with Crippen molar-refractivity contribution in [3.8, 4) is 0 Å². The van der Waals surface area contributed by atoms with E-state index in [1.165, 1.54) is 11.6 Å². The SMILES string of the molecule is O=C(Nc1ccccc1C(=O)N1CCC(c2ccccc2)C1)c1ccc(Cl)cc1Cl. The summed E-state index contributed by atoms with van der Waals surface area (Å²) in [7, 11) is 0. The molecule has 1 heterocycles. The first-order valence-corrected chi connectivity index (χ1v) is 10.5. The van der Waals surface area contributed by atoms with Crippen LogP contribution in [0, 0.1) is 0 Å². The summed E-state index contributed by atoms with van der Waals surface area (Å²) >= 11 is 12.1. The van der Waals surface area contributed by atoms with Crippen molar-refractivity contribution in [1.29, 1.82) is 0 Å². The predicted octanol–water partition coefficient (Wildman–Crippen LogP) is 5.88. The number of anilines is 1. The Balaban J connectivity index is 1.52. The number of nitrogens with zero attached hydrogens (tertiary/aromatic N) is 1. The maximum absolute atomic E-state index is 13.2. The van der Waals surface area contributed by atoms with E-state index in [-0.39, 0.29) is 16.8 Å². The standard InChI is InChI=1S/C24H20Cl2N2O2/c25-18-10-11-19(21(26)14-18)23(29)27-22-9-5-4-8-20(22)24(30)28-13-12-17(15-28)16-6-2-1-3-7-16/h1-11,14,17H,12-13,15H2,(H,27,29). The highest BCUT2D eigenvalue weighted by atomic mass is 35.5. The van der Waals surface area contributed by atoms with E-state index in [1.807, 2.05) is 23.1 Å². The zero-order chi connectivity index (χ0) is 21.1. The Labute approximate surface area is 185 Å². The average molecular weight is 439 g/mol. The Morgan fingerprint density at radius 2 is 1.63 bits per heavy atom. The van der Waals surface area contributed by atoms with Crippen LogP contribution in [0.15, 0.2) is 72.8 Å². The van der Waals surface area contributed by atoms with E-state index in [0.717, 1.165) is 6.42 Å². The molecule has 1 fully saturated rings. The largest absolute Gasteiger partial charge is 0.338 e. The van der Waals surface area contributed by atoms with Gasteiger partial charge >= 0.3 is 0 Å². The van der Waals surface area contributed by atoms with E-state index in [1.54, 1.807) is 36.4 Å². The van der Waals surface area contributed by atoms with Crippen LogP contribution in [0.25, 0.3) is 0 Å². The van der Waals surface area contributed by atoms with Crippen molar-refractivity contribution in [3.05, 3.63) is 99.5 Å². The van der Waals surface area contributed by atoms with Gasteiger partial charge in [0.2, 0.25) is 0 Å². The number of rotatable bonds is 4. The van der Waals surface area contributed by atoms with Crippen molar-refractivity contribution >= 4 is 40.7 Å². The van der Waals surface area contributed by atoms with Crippen LogP contribution in [0.5, 0.6) is 0 Å². The third kappa shape index (κ3) is 4.35. The summed E-state index contributed by atoms with van der Waals surface area (Å²) in [5.41, 5.74) is 2.46. The second-order valence-electron chi connectivity index (χ2n) is 7.27. The molecule has 1 N–H and O–H groups in total. The van der Waals surface area contributed by atoms with Crippen molar-refractivity contribution in [2.45, 2.75) is 12.3 Å². The van der Waals surface area contributed by atoms with Gasteiger partial charge in [0, 0.05) is 24.0 Å². The van der Waals surface area contributed by atoms with Gasteiger partial charge in [-0.1, -0.05) is 65.7 Å². The summed E-state index contributed by atoms with van der Waals surface area (Å²) in [4.78, 5) is 27.8. The lowest BCUT2D eigenvalue weighted by atomic mass is 9.99. The molecule has 6 heteroatoms. The zero-order valence-electron chi connectivity index (χ0n) is 16.1. The summed E-state index contributed by atoms with van der Waals surface area (Å²) in [6.07, 6.45) is 0.921. The van der Waals surface area contributed by atoms with E-state index in [4.69, 9.17) is 23.2 Å². The third-order valence-corrected chi connectivity index (χ3v) is 5.88. The summed E-state index contributed by atoms with van der Waals surface area (Å²) in [5.74, 6) is -0.156. The van der Waals surface area contributed by atoms with Gasteiger partial charge in [-0.25, -0.2) is 0 Å². The number of benzene rings is 3. The molecule has 3 aromatic rings. The second kappa shape index (κ2) is 8.90. The lowest BCUT2D eigenvalue weighted by Gasteiger charge is -2.19. The molecule has 0 aromatic heterocycles. The summed E-state index contributed by atoms with van der Waals surface area (Å²) in [6.45, 7) is 1.35. The van der Waals surface area contributed by atoms with Crippen LogP contribution in [-0.2, 0) is 0 Å². The first kappa shape index (κ1) is 20.5. The molecule has 4 nitrogen and oxygen atoms in total. The molecule has 1 aliphatic heterocycles. The molecule has 3 aromatic carbocycles. The molecule has 30 heavy (non-hydrogen) atoms. The van der Waals surface area contributed by atoms with Gasteiger partial charge in [0.1, 0.15) is 0 Å². The molecule has 1 atom stereocenters. The smallest absolute Gasteiger partial charge is 0.257 e. The summed E-state index contributed by atoms with van der Waals surface area (Å²) in [6, 6.07) is 22.0. The lowest BCUT2D eigenvalue weighted by Crippen LogP contribution is -2.29. The fourth-order valence-corrected chi connectivity index (χ4v) is 4.25. The monoisotopic (exact) mass is 438 g/mol. The highest BCUT2D eigenvalue weighted by Gasteiger charge is 2.29. The summed E-state index contributed by atoms with van der Waals surface area (Å²) < 4.78 is 0. The van der Waals surface area contributed by atoms with Gasteiger partial charge in [-0.05, 0) is 42.3 Å². The first-order valence-electron chi connectivity index (χ1n) is 9.72. The molecule has 0 spiro atoms. The maximum Gasteiger partial charge on any atom is 0.257 e. The first-order chi connectivity index (χ1) is 14.5. The topological polar surface area (TPSA) is 49.4 Å². The van der Waals surface area contributed by atoms with E-state index < -0.39 is 0 Å². The second-order valence-corrected chi connectivity index (χ2v) is 8.11. The molecule has 152 valence electrons. The van der Waals surface area contributed by atoms with Crippen LogP contribution in [0.1, 0.15) is 38.6 Å². The Bertz CT molecular complexity index is 1090. The minimum atomic E-state index is -0.388. The van der Waals surface area contributed by atoms with E-state index in [2.05, 4.69) is 17.4 Å². The molecule has 0 bridgehead atoms. The van der Waals surface area contributed by atoms with E-state index >= 15 is 0 Å². The molecule has 1 unspecified atom stereocenters. The van der Waals surface area contributed by atoms with Gasteiger partial charge in [-0.3, -0.25) is 9.59 Å². The van der Waals surface area contributed by atoms with E-state index in [9.17, 15) is 9.59 Å². The van der Waals surface area contributed by atoms with Crippen molar-refractivity contribution in [3.63, 3.8) is 0 Å². The van der Waals surface area contributed by atoms with Crippen molar-refractivity contribution in [2.75, 3.05) is 18.4 Å². The van der Waals surface area contributed by atoms with Gasteiger partial charge in [-0.2, -0.15) is 0 Å². The molecule has 2 amide bonds. The van der Waals surface area contributed by atoms with Crippen LogP contribution in [0.2, 0.25) is 10.0 Å². The normalized spacial score (nSPS) is 15.8. The van der Waals surface area contributed by atoms with Crippen LogP contribution in [-0.4, -0.2) is 29.8 Å². The van der Waals surface area contributed by atoms with Crippen molar-refractivity contribution in [2.24, 2.45) is 0 Å². The quantitative estimate of drug-likeness (QED) is 0.552. The minimum Gasteiger partial charge on any atom is -0.338 e. The van der Waals surface area contributed by atoms with Gasteiger partial charge in [0.25, 0.3) is 11.8 Å². The Morgan fingerprint density at radius 1 is 0.900 bits per heavy atom. The van der Waals surface area contributed by atoms with Gasteiger partial charge < -0.3 is 10.2 Å². The highest BCUT2D eigenvalue weighted by Crippen LogP contribution is 2.29. The zero-order valence-corrected chi connectivity index (χ0v) is 17.7. The van der Waals surface area contributed by atoms with E-state index in [0.29, 0.717) is 40.8 Å². The molecule has 4 rings (SSSR count).